The summed E-state index contributed by atoms with van der Waals surface area (Å²) in [6.07, 6.45) is 5.65. The molecule has 0 radical (unpaired) electrons. The van der Waals surface area contributed by atoms with Gasteiger partial charge in [-0.3, -0.25) is 9.59 Å². The highest BCUT2D eigenvalue weighted by Crippen LogP contribution is 2.22. The average molecular weight is 332 g/mol. The smallest absolute Gasteiger partial charge is 0.222 e. The fourth-order valence-electron chi connectivity index (χ4n) is 3.11. The fraction of sp³-hybridized carbons (Fsp3) is 0.647. The maximum absolute atomic E-state index is 12.0. The molecule has 1 aromatic rings. The van der Waals surface area contributed by atoms with Crippen molar-refractivity contribution in [3.63, 3.8) is 0 Å². The summed E-state index contributed by atoms with van der Waals surface area (Å²) < 4.78 is 5.48. The number of hydrogen-bond acceptors (Lipinski definition) is 5. The van der Waals surface area contributed by atoms with Gasteiger partial charge in [-0.05, 0) is 25.3 Å². The van der Waals surface area contributed by atoms with Crippen LogP contribution in [0.1, 0.15) is 49.5 Å². The van der Waals surface area contributed by atoms with Crippen LogP contribution in [0.25, 0.3) is 0 Å². The Bertz CT molecular complexity index is 587. The summed E-state index contributed by atoms with van der Waals surface area (Å²) in [6.45, 7) is 3.13. The molecule has 2 fully saturated rings. The van der Waals surface area contributed by atoms with Crippen LogP contribution in [0.15, 0.2) is 12.3 Å². The summed E-state index contributed by atoms with van der Waals surface area (Å²) in [7, 11) is 0. The number of carbonyl (C=O) groups excluding carboxylic acids is 2. The molecule has 3 rings (SSSR count). The van der Waals surface area contributed by atoms with Crippen LogP contribution in [-0.4, -0.2) is 53.0 Å². The van der Waals surface area contributed by atoms with E-state index in [4.69, 9.17) is 4.74 Å². The van der Waals surface area contributed by atoms with Gasteiger partial charge in [0.05, 0.1) is 18.8 Å². The van der Waals surface area contributed by atoms with Crippen LogP contribution in [0.2, 0.25) is 0 Å². The van der Waals surface area contributed by atoms with Crippen LogP contribution in [0, 0.1) is 0 Å². The van der Waals surface area contributed by atoms with E-state index in [9.17, 15) is 9.59 Å². The molecule has 1 atom stereocenters. The van der Waals surface area contributed by atoms with Gasteiger partial charge < -0.3 is 15.0 Å². The molecule has 2 aliphatic heterocycles. The van der Waals surface area contributed by atoms with E-state index < -0.39 is 0 Å². The Labute approximate surface area is 141 Å². The maximum Gasteiger partial charge on any atom is 0.222 e. The van der Waals surface area contributed by atoms with Gasteiger partial charge in [0, 0.05) is 44.7 Å². The number of aromatic nitrogens is 2. The maximum atomic E-state index is 12.0. The van der Waals surface area contributed by atoms with E-state index in [-0.39, 0.29) is 17.7 Å². The van der Waals surface area contributed by atoms with Crippen LogP contribution in [0.4, 0.5) is 0 Å². The lowest BCUT2D eigenvalue weighted by molar-refractivity contribution is -0.128. The largest absolute Gasteiger partial charge is 0.381 e. The number of nitrogens with one attached hydrogen (secondary N) is 1. The van der Waals surface area contributed by atoms with Crippen molar-refractivity contribution in [2.75, 3.05) is 26.3 Å². The SMILES string of the molecule is O=C(CCN1CCCC1=O)NCc1ccnc(C2CCCOC2)n1. The second-order valence-corrected chi connectivity index (χ2v) is 6.33. The lowest BCUT2D eigenvalue weighted by Crippen LogP contribution is -2.31. The molecule has 0 aliphatic carbocycles. The van der Waals surface area contributed by atoms with E-state index in [1.807, 2.05) is 6.07 Å². The Hall–Kier alpha value is -2.02. The van der Waals surface area contributed by atoms with Gasteiger partial charge in [0.2, 0.25) is 11.8 Å². The minimum atomic E-state index is -0.0594. The Balaban J connectivity index is 1.45. The molecule has 3 heterocycles. The molecule has 1 unspecified atom stereocenters. The zero-order valence-electron chi connectivity index (χ0n) is 13.9. The molecule has 1 aromatic heterocycles. The minimum Gasteiger partial charge on any atom is -0.381 e. The third-order valence-electron chi connectivity index (χ3n) is 4.50. The van der Waals surface area contributed by atoms with E-state index in [0.717, 1.165) is 43.9 Å². The van der Waals surface area contributed by atoms with Crippen molar-refractivity contribution in [1.29, 1.82) is 0 Å². The number of amides is 2. The third-order valence-corrected chi connectivity index (χ3v) is 4.50. The van der Waals surface area contributed by atoms with Crippen molar-refractivity contribution >= 4 is 11.8 Å². The molecule has 2 amide bonds. The van der Waals surface area contributed by atoms with Crippen molar-refractivity contribution in [3.05, 3.63) is 23.8 Å². The highest BCUT2D eigenvalue weighted by Gasteiger charge is 2.21. The van der Waals surface area contributed by atoms with Crippen molar-refractivity contribution in [2.45, 2.75) is 44.6 Å². The quantitative estimate of drug-likeness (QED) is 0.840. The van der Waals surface area contributed by atoms with Gasteiger partial charge in [-0.15, -0.1) is 0 Å². The Morgan fingerprint density at radius 2 is 2.33 bits per heavy atom. The molecule has 7 nitrogen and oxygen atoms in total. The van der Waals surface area contributed by atoms with Gasteiger partial charge in [-0.2, -0.15) is 0 Å². The molecule has 1 N–H and O–H groups in total. The molecule has 7 heteroatoms. The van der Waals surface area contributed by atoms with E-state index >= 15 is 0 Å². The predicted octanol–water partition coefficient (Wildman–Crippen LogP) is 0.999. The van der Waals surface area contributed by atoms with E-state index in [1.54, 1.807) is 11.1 Å². The van der Waals surface area contributed by atoms with Crippen LogP contribution in [-0.2, 0) is 20.9 Å². The number of ether oxygens (including phenoxy) is 1. The molecule has 2 aliphatic rings. The first-order chi connectivity index (χ1) is 11.7. The van der Waals surface area contributed by atoms with Gasteiger partial charge in [0.1, 0.15) is 5.82 Å². The first kappa shape index (κ1) is 16.8. The zero-order valence-corrected chi connectivity index (χ0v) is 13.9. The Morgan fingerprint density at radius 1 is 1.42 bits per heavy atom. The van der Waals surface area contributed by atoms with Crippen molar-refractivity contribution in [3.8, 4) is 0 Å². The van der Waals surface area contributed by atoms with E-state index in [2.05, 4.69) is 15.3 Å². The molecule has 0 spiro atoms. The number of nitrogens with zero attached hydrogens (tertiary/aromatic N) is 3. The Morgan fingerprint density at radius 3 is 3.08 bits per heavy atom. The summed E-state index contributed by atoms with van der Waals surface area (Å²) in [6, 6.07) is 1.82. The third kappa shape index (κ3) is 4.50. The second kappa shape index (κ2) is 8.19. The molecular weight excluding hydrogens is 308 g/mol. The first-order valence-electron chi connectivity index (χ1n) is 8.66. The standard InChI is InChI=1S/C17H24N4O3/c22-15(6-9-21-8-1-4-16(21)23)19-11-14-5-7-18-17(20-14)13-3-2-10-24-12-13/h5,7,13H,1-4,6,8-12H2,(H,19,22). The molecule has 0 saturated carbocycles. The monoisotopic (exact) mass is 332 g/mol. The minimum absolute atomic E-state index is 0.0594. The number of rotatable bonds is 6. The summed E-state index contributed by atoms with van der Waals surface area (Å²) in [4.78, 5) is 34.1. The molecule has 24 heavy (non-hydrogen) atoms. The second-order valence-electron chi connectivity index (χ2n) is 6.33. The molecule has 0 aromatic carbocycles. The molecule has 0 bridgehead atoms. The van der Waals surface area contributed by atoms with Crippen LogP contribution in [0.3, 0.4) is 0 Å². The lowest BCUT2D eigenvalue weighted by atomic mass is 10.0. The van der Waals surface area contributed by atoms with Crippen LogP contribution >= 0.6 is 0 Å². The first-order valence-corrected chi connectivity index (χ1v) is 8.66. The van der Waals surface area contributed by atoms with E-state index in [1.165, 1.54) is 0 Å². The predicted molar refractivity (Wildman–Crippen MR) is 87.1 cm³/mol. The number of hydrogen-bond donors (Lipinski definition) is 1. The lowest BCUT2D eigenvalue weighted by Gasteiger charge is -2.21. The van der Waals surface area contributed by atoms with Crippen LogP contribution in [0.5, 0.6) is 0 Å². The van der Waals surface area contributed by atoms with Gasteiger partial charge >= 0.3 is 0 Å². The molecule has 130 valence electrons. The van der Waals surface area contributed by atoms with Crippen molar-refractivity contribution in [1.82, 2.24) is 20.2 Å². The summed E-state index contributed by atoms with van der Waals surface area (Å²) in [5.41, 5.74) is 0.802. The highest BCUT2D eigenvalue weighted by atomic mass is 16.5. The van der Waals surface area contributed by atoms with Crippen molar-refractivity contribution < 1.29 is 14.3 Å². The van der Waals surface area contributed by atoms with Gasteiger partial charge in [0.25, 0.3) is 0 Å². The topological polar surface area (TPSA) is 84.4 Å². The van der Waals surface area contributed by atoms with Gasteiger partial charge in [0.15, 0.2) is 0 Å². The van der Waals surface area contributed by atoms with Crippen molar-refractivity contribution in [2.24, 2.45) is 0 Å². The summed E-state index contributed by atoms with van der Waals surface area (Å²) in [5, 5.41) is 2.87. The fourth-order valence-corrected chi connectivity index (χ4v) is 3.11. The summed E-state index contributed by atoms with van der Waals surface area (Å²) >= 11 is 0. The van der Waals surface area contributed by atoms with Gasteiger partial charge in [-0.25, -0.2) is 9.97 Å². The van der Waals surface area contributed by atoms with Gasteiger partial charge in [-0.1, -0.05) is 0 Å². The molecular formula is C17H24N4O3. The van der Waals surface area contributed by atoms with Crippen LogP contribution < -0.4 is 5.32 Å². The zero-order chi connectivity index (χ0) is 16.8. The molecule has 2 saturated heterocycles. The average Bonchev–Trinajstić information content (AvgIpc) is 3.04. The number of carbonyl (C=O) groups is 2. The summed E-state index contributed by atoms with van der Waals surface area (Å²) in [5.74, 6) is 1.13. The Kier molecular flexibility index (Phi) is 5.74. The normalized spacial score (nSPS) is 21.1. The van der Waals surface area contributed by atoms with E-state index in [0.29, 0.717) is 32.5 Å². The highest BCUT2D eigenvalue weighted by molar-refractivity contribution is 5.80. The number of likely N-dealkylation sites (tertiary alicyclic amines) is 1.